The second-order valence-corrected chi connectivity index (χ2v) is 6.15. The molecule has 1 aromatic heterocycles. The molecule has 4 nitrogen and oxygen atoms in total. The van der Waals surface area contributed by atoms with E-state index in [1.54, 1.807) is 0 Å². The minimum atomic E-state index is 0.286. The maximum Gasteiger partial charge on any atom is 0.146 e. The first kappa shape index (κ1) is 16.4. The molecule has 0 bridgehead atoms. The topological polar surface area (TPSA) is 34.6 Å². The molecule has 0 radical (unpaired) electrons. The molecule has 0 aromatic carbocycles. The fraction of sp³-hybridized carbons (Fsp3) is 0.706. The first-order chi connectivity index (χ1) is 10.1. The molecule has 1 saturated heterocycles. The van der Waals surface area contributed by atoms with Gasteiger partial charge in [0.2, 0.25) is 0 Å². The summed E-state index contributed by atoms with van der Waals surface area (Å²) in [5, 5.41) is 0. The number of hydrogen-bond acceptors (Lipinski definition) is 4. The van der Waals surface area contributed by atoms with Gasteiger partial charge in [-0.15, -0.1) is 0 Å². The largest absolute Gasteiger partial charge is 0.355 e. The molecule has 2 atom stereocenters. The number of nitrogens with zero attached hydrogens (tertiary/aromatic N) is 2. The minimum absolute atomic E-state index is 0.286. The second-order valence-electron chi connectivity index (χ2n) is 6.15. The normalized spacial score (nSPS) is 19.9. The Labute approximate surface area is 128 Å². The van der Waals surface area contributed by atoms with Crippen molar-refractivity contribution in [2.75, 3.05) is 20.0 Å². The van der Waals surface area contributed by atoms with E-state index in [0.29, 0.717) is 24.8 Å². The molecule has 0 saturated carbocycles. The highest BCUT2D eigenvalue weighted by atomic mass is 16.7. The Kier molecular flexibility index (Phi) is 6.15. The molecule has 0 amide bonds. The van der Waals surface area contributed by atoms with Crippen molar-refractivity contribution in [3.63, 3.8) is 0 Å². The zero-order valence-electron chi connectivity index (χ0n) is 13.7. The van der Waals surface area contributed by atoms with Gasteiger partial charge in [0.1, 0.15) is 6.79 Å². The summed E-state index contributed by atoms with van der Waals surface area (Å²) in [6.45, 7) is 11.0. The molecule has 2 heterocycles. The van der Waals surface area contributed by atoms with Crippen LogP contribution in [0.4, 0.5) is 0 Å². The van der Waals surface area contributed by atoms with Crippen molar-refractivity contribution in [1.29, 1.82) is 0 Å². The van der Waals surface area contributed by atoms with E-state index in [1.807, 2.05) is 18.5 Å². The van der Waals surface area contributed by atoms with Gasteiger partial charge in [0, 0.05) is 36.4 Å². The van der Waals surface area contributed by atoms with Gasteiger partial charge < -0.3 is 9.47 Å². The molecule has 4 heteroatoms. The highest BCUT2D eigenvalue weighted by Gasteiger charge is 2.34. The van der Waals surface area contributed by atoms with Crippen molar-refractivity contribution in [1.82, 2.24) is 9.88 Å². The van der Waals surface area contributed by atoms with Crippen molar-refractivity contribution in [3.8, 4) is 0 Å². The lowest BCUT2D eigenvalue weighted by atomic mass is 9.90. The molecular weight excluding hydrogens is 264 g/mol. The number of ether oxygens (including phenoxy) is 2. The van der Waals surface area contributed by atoms with Crippen molar-refractivity contribution in [2.45, 2.75) is 52.2 Å². The van der Waals surface area contributed by atoms with Crippen LogP contribution in [0, 0.1) is 5.92 Å². The van der Waals surface area contributed by atoms with E-state index in [9.17, 15) is 0 Å². The Hall–Kier alpha value is -0.970. The van der Waals surface area contributed by atoms with E-state index < -0.39 is 0 Å². The lowest BCUT2D eigenvalue weighted by molar-refractivity contribution is -0.146. The predicted octanol–water partition coefficient (Wildman–Crippen LogP) is 3.25. The molecule has 1 fully saturated rings. The van der Waals surface area contributed by atoms with E-state index in [-0.39, 0.29) is 6.04 Å². The maximum atomic E-state index is 5.56. The van der Waals surface area contributed by atoms with Crippen LogP contribution in [0.15, 0.2) is 24.5 Å². The van der Waals surface area contributed by atoms with Crippen LogP contribution in [0.2, 0.25) is 0 Å². The lowest BCUT2D eigenvalue weighted by Gasteiger charge is -2.44. The van der Waals surface area contributed by atoms with Gasteiger partial charge in [0.05, 0.1) is 13.2 Å². The molecule has 1 aliphatic heterocycles. The molecule has 0 aliphatic carbocycles. The average molecular weight is 292 g/mol. The number of rotatable bonds is 6. The Bertz CT molecular complexity index is 405. The molecule has 0 spiro atoms. The quantitative estimate of drug-likeness (QED) is 0.806. The first-order valence-corrected chi connectivity index (χ1v) is 7.98. The van der Waals surface area contributed by atoms with Crippen LogP contribution in [0.5, 0.6) is 0 Å². The summed E-state index contributed by atoms with van der Waals surface area (Å²) < 4.78 is 11.1. The summed E-state index contributed by atoms with van der Waals surface area (Å²) in [6, 6.07) is 5.45. The third kappa shape index (κ3) is 4.02. The van der Waals surface area contributed by atoms with Gasteiger partial charge in [-0.05, 0) is 38.8 Å². The standard InChI is InChI=1S/C17H28N2O2/c1-5-14(4)19(13(2)3)17(15-7-6-8-18-9-15)16-10-20-12-21-11-16/h6-9,13-14,16-17H,5,10-12H2,1-4H3. The van der Waals surface area contributed by atoms with Crippen molar-refractivity contribution in [3.05, 3.63) is 30.1 Å². The molecule has 1 aliphatic rings. The molecule has 21 heavy (non-hydrogen) atoms. The monoisotopic (exact) mass is 292 g/mol. The van der Waals surface area contributed by atoms with Gasteiger partial charge in [0.25, 0.3) is 0 Å². The smallest absolute Gasteiger partial charge is 0.146 e. The van der Waals surface area contributed by atoms with Gasteiger partial charge in [-0.3, -0.25) is 9.88 Å². The first-order valence-electron chi connectivity index (χ1n) is 7.98. The zero-order chi connectivity index (χ0) is 15.2. The maximum absolute atomic E-state index is 5.56. The zero-order valence-corrected chi connectivity index (χ0v) is 13.7. The number of pyridine rings is 1. The summed E-state index contributed by atoms with van der Waals surface area (Å²) in [5.74, 6) is 0.347. The van der Waals surface area contributed by atoms with E-state index in [2.05, 4.69) is 43.6 Å². The molecule has 2 rings (SSSR count). The van der Waals surface area contributed by atoms with Gasteiger partial charge >= 0.3 is 0 Å². The minimum Gasteiger partial charge on any atom is -0.355 e. The van der Waals surface area contributed by atoms with Gasteiger partial charge in [-0.2, -0.15) is 0 Å². The van der Waals surface area contributed by atoms with E-state index in [0.717, 1.165) is 19.6 Å². The van der Waals surface area contributed by atoms with Crippen LogP contribution in [-0.2, 0) is 9.47 Å². The van der Waals surface area contributed by atoms with Gasteiger partial charge in [-0.1, -0.05) is 13.0 Å². The summed E-state index contributed by atoms with van der Waals surface area (Å²) in [4.78, 5) is 6.90. The fourth-order valence-corrected chi connectivity index (χ4v) is 3.24. The molecule has 1 aromatic rings. The highest BCUT2D eigenvalue weighted by molar-refractivity contribution is 5.16. The van der Waals surface area contributed by atoms with E-state index >= 15 is 0 Å². The Morgan fingerprint density at radius 2 is 2.00 bits per heavy atom. The van der Waals surface area contributed by atoms with Gasteiger partial charge in [-0.25, -0.2) is 0 Å². The lowest BCUT2D eigenvalue weighted by Crippen LogP contribution is -2.47. The van der Waals surface area contributed by atoms with Crippen molar-refractivity contribution < 1.29 is 9.47 Å². The second kappa shape index (κ2) is 7.87. The fourth-order valence-electron chi connectivity index (χ4n) is 3.24. The summed E-state index contributed by atoms with van der Waals surface area (Å²) in [6.07, 6.45) is 4.94. The van der Waals surface area contributed by atoms with Crippen LogP contribution in [0.1, 0.15) is 45.7 Å². The Morgan fingerprint density at radius 1 is 1.29 bits per heavy atom. The third-order valence-electron chi connectivity index (χ3n) is 4.32. The Balaban J connectivity index is 2.33. The van der Waals surface area contributed by atoms with Crippen LogP contribution in [0.25, 0.3) is 0 Å². The highest BCUT2D eigenvalue weighted by Crippen LogP contribution is 2.34. The predicted molar refractivity (Wildman–Crippen MR) is 84.0 cm³/mol. The van der Waals surface area contributed by atoms with Crippen LogP contribution in [0.3, 0.4) is 0 Å². The molecular formula is C17H28N2O2. The summed E-state index contributed by atoms with van der Waals surface area (Å²) in [5.41, 5.74) is 1.26. The van der Waals surface area contributed by atoms with Crippen LogP contribution in [-0.4, -0.2) is 42.0 Å². The van der Waals surface area contributed by atoms with E-state index in [4.69, 9.17) is 9.47 Å². The number of hydrogen-bond donors (Lipinski definition) is 0. The van der Waals surface area contributed by atoms with Gasteiger partial charge in [0.15, 0.2) is 0 Å². The Morgan fingerprint density at radius 3 is 2.52 bits per heavy atom. The van der Waals surface area contributed by atoms with E-state index in [1.165, 1.54) is 5.56 Å². The average Bonchev–Trinajstić information content (AvgIpc) is 2.53. The van der Waals surface area contributed by atoms with Crippen LogP contribution >= 0.6 is 0 Å². The van der Waals surface area contributed by atoms with Crippen LogP contribution < -0.4 is 0 Å². The number of aromatic nitrogens is 1. The summed E-state index contributed by atoms with van der Waals surface area (Å²) in [7, 11) is 0. The molecule has 0 N–H and O–H groups in total. The molecule has 2 unspecified atom stereocenters. The third-order valence-corrected chi connectivity index (χ3v) is 4.32. The van der Waals surface area contributed by atoms with Crippen molar-refractivity contribution in [2.24, 2.45) is 5.92 Å². The SMILES string of the molecule is CCC(C)N(C(C)C)C(c1cccnc1)C1COCOC1. The van der Waals surface area contributed by atoms with Crippen molar-refractivity contribution >= 4 is 0 Å². The molecule has 118 valence electrons. The summed E-state index contributed by atoms with van der Waals surface area (Å²) >= 11 is 0.